The summed E-state index contributed by atoms with van der Waals surface area (Å²) in [6, 6.07) is 3.47. The van der Waals surface area contributed by atoms with Gasteiger partial charge in [-0.2, -0.15) is 22.5 Å². The van der Waals surface area contributed by atoms with E-state index in [1.54, 1.807) is 11.1 Å². The predicted molar refractivity (Wildman–Crippen MR) is 95.6 cm³/mol. The topological polar surface area (TPSA) is 75.6 Å². The van der Waals surface area contributed by atoms with Crippen molar-refractivity contribution in [1.29, 1.82) is 0 Å². The number of rotatable bonds is 5. The van der Waals surface area contributed by atoms with Gasteiger partial charge in [0.15, 0.2) is 5.82 Å². The van der Waals surface area contributed by atoms with Crippen LogP contribution < -0.4 is 9.64 Å². The highest BCUT2D eigenvalue weighted by atomic mass is 32.2. The zero-order valence-electron chi connectivity index (χ0n) is 15.2. The first kappa shape index (κ1) is 20.3. The lowest BCUT2D eigenvalue weighted by molar-refractivity contribution is -0.137. The molecule has 1 saturated heterocycles. The molecule has 1 fully saturated rings. The largest absolute Gasteiger partial charge is 0.472 e. The van der Waals surface area contributed by atoms with Crippen LogP contribution in [0, 0.1) is 0 Å². The molecule has 11 heteroatoms. The molecule has 0 N–H and O–H groups in total. The highest BCUT2D eigenvalue weighted by molar-refractivity contribution is 7.89. The minimum Gasteiger partial charge on any atom is -0.472 e. The predicted octanol–water partition coefficient (Wildman–Crippen LogP) is 2.40. The monoisotopic (exact) mass is 416 g/mol. The molecule has 28 heavy (non-hydrogen) atoms. The average molecular weight is 416 g/mol. The molecule has 0 amide bonds. The lowest BCUT2D eigenvalue weighted by atomic mass is 10.2. The Bertz CT molecular complexity index is 933. The van der Waals surface area contributed by atoms with Crippen LogP contribution in [0.3, 0.4) is 0 Å². The Labute approximate surface area is 160 Å². The number of nitrogens with zero attached hydrogens (tertiary/aromatic N) is 4. The van der Waals surface area contributed by atoms with Gasteiger partial charge in [-0.25, -0.2) is 8.42 Å². The molecular formula is C17H19F3N4O3S. The second-order valence-electron chi connectivity index (χ2n) is 6.52. The van der Waals surface area contributed by atoms with E-state index in [9.17, 15) is 21.6 Å². The van der Waals surface area contributed by atoms with E-state index in [1.807, 2.05) is 14.1 Å². The molecule has 1 aromatic heterocycles. The van der Waals surface area contributed by atoms with Crippen LogP contribution in [0.5, 0.6) is 5.88 Å². The van der Waals surface area contributed by atoms with E-state index in [0.717, 1.165) is 24.3 Å². The second-order valence-corrected chi connectivity index (χ2v) is 8.46. The van der Waals surface area contributed by atoms with E-state index in [0.29, 0.717) is 12.2 Å². The molecule has 1 unspecified atom stereocenters. The average Bonchev–Trinajstić information content (AvgIpc) is 3.10. The summed E-state index contributed by atoms with van der Waals surface area (Å²) in [4.78, 5) is 9.89. The third-order valence-electron chi connectivity index (χ3n) is 4.27. The number of sulfonamides is 1. The number of aromatic nitrogens is 2. The van der Waals surface area contributed by atoms with Gasteiger partial charge < -0.3 is 9.64 Å². The van der Waals surface area contributed by atoms with Crippen molar-refractivity contribution in [2.75, 3.05) is 32.1 Å². The second kappa shape index (κ2) is 7.55. The fraction of sp³-hybridized carbons (Fsp3) is 0.412. The first-order valence-electron chi connectivity index (χ1n) is 8.41. The molecule has 1 aliphatic heterocycles. The number of hydrogen-bond donors (Lipinski definition) is 0. The molecule has 1 aromatic carbocycles. The van der Waals surface area contributed by atoms with Crippen molar-refractivity contribution in [1.82, 2.24) is 14.3 Å². The van der Waals surface area contributed by atoms with Gasteiger partial charge in [0, 0.05) is 20.6 Å². The summed E-state index contributed by atoms with van der Waals surface area (Å²) in [5, 5.41) is 0. The van der Waals surface area contributed by atoms with E-state index in [-0.39, 0.29) is 23.9 Å². The molecule has 152 valence electrons. The van der Waals surface area contributed by atoms with Gasteiger partial charge in [0.2, 0.25) is 15.9 Å². The van der Waals surface area contributed by atoms with E-state index in [1.165, 1.54) is 10.5 Å². The number of ether oxygens (including phenoxy) is 1. The van der Waals surface area contributed by atoms with Gasteiger partial charge in [-0.3, -0.25) is 4.98 Å². The molecule has 0 spiro atoms. The molecule has 1 aliphatic rings. The molecule has 0 saturated carbocycles. The maximum absolute atomic E-state index is 12.7. The molecule has 0 radical (unpaired) electrons. The maximum atomic E-state index is 12.7. The van der Waals surface area contributed by atoms with Crippen molar-refractivity contribution < 1.29 is 26.3 Å². The van der Waals surface area contributed by atoms with Gasteiger partial charge in [0.1, 0.15) is 6.10 Å². The summed E-state index contributed by atoms with van der Waals surface area (Å²) < 4.78 is 70.3. The first-order valence-corrected chi connectivity index (χ1v) is 9.85. The Morgan fingerprint density at radius 1 is 1.18 bits per heavy atom. The Balaban J connectivity index is 1.69. The van der Waals surface area contributed by atoms with Gasteiger partial charge >= 0.3 is 6.18 Å². The Morgan fingerprint density at radius 3 is 2.46 bits per heavy atom. The number of halogens is 3. The van der Waals surface area contributed by atoms with Crippen LogP contribution >= 0.6 is 0 Å². The molecule has 0 aliphatic carbocycles. The summed E-state index contributed by atoms with van der Waals surface area (Å²) >= 11 is 0. The Morgan fingerprint density at radius 2 is 1.86 bits per heavy atom. The Kier molecular flexibility index (Phi) is 5.48. The molecule has 2 heterocycles. The molecular weight excluding hydrogens is 397 g/mol. The third-order valence-corrected chi connectivity index (χ3v) is 6.15. The number of hydrogen-bond acceptors (Lipinski definition) is 6. The van der Waals surface area contributed by atoms with Crippen LogP contribution in [-0.4, -0.2) is 56.0 Å². The van der Waals surface area contributed by atoms with Gasteiger partial charge in [-0.05, 0) is 30.7 Å². The van der Waals surface area contributed by atoms with Crippen molar-refractivity contribution in [3.8, 4) is 5.88 Å². The lowest BCUT2D eigenvalue weighted by Crippen LogP contribution is -2.31. The van der Waals surface area contributed by atoms with E-state index in [2.05, 4.69) is 9.97 Å². The van der Waals surface area contributed by atoms with Crippen molar-refractivity contribution in [3.63, 3.8) is 0 Å². The molecule has 2 aromatic rings. The van der Waals surface area contributed by atoms with Crippen molar-refractivity contribution in [3.05, 3.63) is 42.2 Å². The van der Waals surface area contributed by atoms with Crippen molar-refractivity contribution >= 4 is 15.8 Å². The third kappa shape index (κ3) is 4.36. The molecule has 3 rings (SSSR count). The maximum Gasteiger partial charge on any atom is 0.416 e. The number of anilines is 1. The number of benzene rings is 1. The fourth-order valence-corrected chi connectivity index (χ4v) is 4.24. The van der Waals surface area contributed by atoms with E-state index in [4.69, 9.17) is 4.74 Å². The highest BCUT2D eigenvalue weighted by Gasteiger charge is 2.35. The van der Waals surface area contributed by atoms with Crippen LogP contribution in [0.2, 0.25) is 0 Å². The molecule has 7 nitrogen and oxygen atoms in total. The summed E-state index contributed by atoms with van der Waals surface area (Å²) in [6.07, 6.45) is -1.48. The first-order chi connectivity index (χ1) is 13.1. The summed E-state index contributed by atoms with van der Waals surface area (Å²) in [6.45, 7) is 0.284. The SMILES string of the molecule is CN(C)c1cncc(OC2CCN(S(=O)(=O)c3ccc(C(F)(F)F)cc3)C2)n1. The van der Waals surface area contributed by atoms with Crippen LogP contribution in [0.25, 0.3) is 0 Å². The van der Waals surface area contributed by atoms with Crippen LogP contribution in [-0.2, 0) is 16.2 Å². The fourth-order valence-electron chi connectivity index (χ4n) is 2.76. The standard InChI is InChI=1S/C17H19F3N4O3S/c1-23(2)15-9-21-10-16(22-15)27-13-7-8-24(11-13)28(25,26)14-5-3-12(4-6-14)17(18,19)20/h3-6,9-10,13H,7-8,11H2,1-2H3. The normalized spacial score (nSPS) is 18.2. The number of alkyl halides is 3. The van der Waals surface area contributed by atoms with Gasteiger partial charge in [0.05, 0.1) is 29.4 Å². The van der Waals surface area contributed by atoms with E-state index < -0.39 is 27.9 Å². The highest BCUT2D eigenvalue weighted by Crippen LogP contribution is 2.31. The van der Waals surface area contributed by atoms with E-state index >= 15 is 0 Å². The van der Waals surface area contributed by atoms with Gasteiger partial charge in [-0.15, -0.1) is 0 Å². The Hall–Kier alpha value is -2.40. The summed E-state index contributed by atoms with van der Waals surface area (Å²) in [5.74, 6) is 0.884. The molecule has 1 atom stereocenters. The van der Waals surface area contributed by atoms with Crippen LogP contribution in [0.1, 0.15) is 12.0 Å². The summed E-state index contributed by atoms with van der Waals surface area (Å²) in [7, 11) is -0.291. The summed E-state index contributed by atoms with van der Waals surface area (Å²) in [5.41, 5.74) is -0.895. The van der Waals surface area contributed by atoms with Crippen LogP contribution in [0.15, 0.2) is 41.6 Å². The smallest absolute Gasteiger partial charge is 0.416 e. The van der Waals surface area contributed by atoms with Gasteiger partial charge in [-0.1, -0.05) is 0 Å². The minimum atomic E-state index is -4.52. The minimum absolute atomic E-state index is 0.0806. The lowest BCUT2D eigenvalue weighted by Gasteiger charge is -2.18. The quantitative estimate of drug-likeness (QED) is 0.745. The van der Waals surface area contributed by atoms with Gasteiger partial charge in [0.25, 0.3) is 0 Å². The van der Waals surface area contributed by atoms with Crippen molar-refractivity contribution in [2.24, 2.45) is 0 Å². The zero-order valence-corrected chi connectivity index (χ0v) is 16.0. The van der Waals surface area contributed by atoms with Crippen molar-refractivity contribution in [2.45, 2.75) is 23.6 Å². The van der Waals surface area contributed by atoms with Crippen LogP contribution in [0.4, 0.5) is 19.0 Å². The molecule has 0 bridgehead atoms. The zero-order chi connectivity index (χ0) is 20.5.